The van der Waals surface area contributed by atoms with Gasteiger partial charge < -0.3 is 0 Å². The van der Waals surface area contributed by atoms with Gasteiger partial charge in [-0.25, -0.2) is 5.48 Å². The lowest BCUT2D eigenvalue weighted by molar-refractivity contribution is 0.227. The summed E-state index contributed by atoms with van der Waals surface area (Å²) in [7, 11) is -4.47. The van der Waals surface area contributed by atoms with Crippen LogP contribution in [0.5, 0.6) is 0 Å². The molecule has 0 unspecified atom stereocenters. The van der Waals surface area contributed by atoms with Crippen LogP contribution in [0, 0.1) is 0 Å². The van der Waals surface area contributed by atoms with Crippen molar-refractivity contribution in [2.45, 2.75) is 6.42 Å². The lowest BCUT2D eigenvalue weighted by Gasteiger charge is -2.01. The van der Waals surface area contributed by atoms with Gasteiger partial charge in [0, 0.05) is 6.42 Å². The smallest absolute Gasteiger partial charge is 0.262 e. The first-order chi connectivity index (χ1) is 4.95. The standard InChI is InChI=1S/C4H7NO4S2/c1-2-3-4(10)5-9-11(6,7)8/h2H,1,3H2,(H,5,10)(H,6,7,8). The molecule has 2 N–H and O–H groups in total. The first-order valence-corrected chi connectivity index (χ1v) is 4.28. The second-order valence-electron chi connectivity index (χ2n) is 1.53. The van der Waals surface area contributed by atoms with Crippen LogP contribution in [-0.2, 0) is 14.7 Å². The summed E-state index contributed by atoms with van der Waals surface area (Å²) < 4.78 is 31.6. The van der Waals surface area contributed by atoms with E-state index in [0.29, 0.717) is 0 Å². The van der Waals surface area contributed by atoms with Crippen LogP contribution in [0.2, 0.25) is 0 Å². The topological polar surface area (TPSA) is 75.6 Å². The Balaban J connectivity index is 3.72. The van der Waals surface area contributed by atoms with Crippen molar-refractivity contribution in [2.24, 2.45) is 0 Å². The second kappa shape index (κ2) is 4.39. The van der Waals surface area contributed by atoms with Gasteiger partial charge in [0.2, 0.25) is 0 Å². The highest BCUT2D eigenvalue weighted by Gasteiger charge is 2.04. The molecule has 11 heavy (non-hydrogen) atoms. The molecule has 0 radical (unpaired) electrons. The van der Waals surface area contributed by atoms with E-state index in [1.54, 1.807) is 0 Å². The van der Waals surface area contributed by atoms with Gasteiger partial charge in [-0.3, -0.25) is 4.55 Å². The predicted molar refractivity (Wildman–Crippen MR) is 43.2 cm³/mol. The number of thiocarbonyl (C=S) groups is 1. The molecule has 0 bridgehead atoms. The maximum Gasteiger partial charge on any atom is 0.418 e. The highest BCUT2D eigenvalue weighted by molar-refractivity contribution is 7.81. The SMILES string of the molecule is C=CCC(=S)NOS(=O)(=O)O. The zero-order chi connectivity index (χ0) is 8.91. The van der Waals surface area contributed by atoms with E-state index in [1.807, 2.05) is 5.48 Å². The molecule has 0 aliphatic rings. The monoisotopic (exact) mass is 197 g/mol. The Hall–Kier alpha value is -0.500. The van der Waals surface area contributed by atoms with E-state index in [-0.39, 0.29) is 11.4 Å². The minimum Gasteiger partial charge on any atom is -0.262 e. The summed E-state index contributed by atoms with van der Waals surface area (Å²) in [5.74, 6) is 0. The number of nitrogens with one attached hydrogen (secondary N) is 1. The van der Waals surface area contributed by atoms with E-state index in [9.17, 15) is 8.42 Å². The molecule has 0 aromatic carbocycles. The second-order valence-corrected chi connectivity index (χ2v) is 3.04. The van der Waals surface area contributed by atoms with E-state index < -0.39 is 10.4 Å². The molecule has 0 aliphatic carbocycles. The molecule has 0 aromatic rings. The average Bonchev–Trinajstić information content (AvgIpc) is 1.83. The summed E-state index contributed by atoms with van der Waals surface area (Å²) in [5, 5.41) is 0. The summed E-state index contributed by atoms with van der Waals surface area (Å²) in [6.07, 6.45) is 1.74. The van der Waals surface area contributed by atoms with Crippen molar-refractivity contribution in [3.63, 3.8) is 0 Å². The molecule has 0 aromatic heterocycles. The molecular weight excluding hydrogens is 190 g/mol. The van der Waals surface area contributed by atoms with E-state index in [4.69, 9.17) is 4.55 Å². The van der Waals surface area contributed by atoms with E-state index in [0.717, 1.165) is 0 Å². The highest BCUT2D eigenvalue weighted by atomic mass is 32.3. The van der Waals surface area contributed by atoms with Gasteiger partial charge in [0.25, 0.3) is 0 Å². The fourth-order valence-electron chi connectivity index (χ4n) is 0.272. The van der Waals surface area contributed by atoms with Gasteiger partial charge in [-0.1, -0.05) is 18.3 Å². The Kier molecular flexibility index (Phi) is 4.19. The van der Waals surface area contributed by atoms with Crippen molar-refractivity contribution in [3.8, 4) is 0 Å². The third-order valence-electron chi connectivity index (χ3n) is 0.591. The maximum absolute atomic E-state index is 9.93. The van der Waals surface area contributed by atoms with Gasteiger partial charge in [0.1, 0.15) is 4.99 Å². The molecule has 7 heteroatoms. The normalized spacial score (nSPS) is 10.6. The maximum atomic E-state index is 9.93. The van der Waals surface area contributed by atoms with Crippen LogP contribution in [0.25, 0.3) is 0 Å². The van der Waals surface area contributed by atoms with Crippen molar-refractivity contribution in [2.75, 3.05) is 0 Å². The van der Waals surface area contributed by atoms with Crippen LogP contribution < -0.4 is 5.48 Å². The molecule has 0 amide bonds. The average molecular weight is 197 g/mol. The largest absolute Gasteiger partial charge is 0.418 e. The minimum absolute atomic E-state index is 0.123. The molecule has 0 heterocycles. The summed E-state index contributed by atoms with van der Waals surface area (Å²) in [6.45, 7) is 3.35. The molecule has 0 atom stereocenters. The Morgan fingerprint density at radius 2 is 2.36 bits per heavy atom. The lowest BCUT2D eigenvalue weighted by Crippen LogP contribution is -2.24. The number of hydroxylamine groups is 1. The van der Waals surface area contributed by atoms with Gasteiger partial charge in [-0.15, -0.1) is 10.9 Å². The highest BCUT2D eigenvalue weighted by Crippen LogP contribution is 1.86. The third kappa shape index (κ3) is 7.40. The van der Waals surface area contributed by atoms with Crippen molar-refractivity contribution in [1.29, 1.82) is 0 Å². The summed E-state index contributed by atoms with van der Waals surface area (Å²) >= 11 is 4.54. The van der Waals surface area contributed by atoms with Crippen molar-refractivity contribution in [1.82, 2.24) is 5.48 Å². The zero-order valence-corrected chi connectivity index (χ0v) is 7.11. The van der Waals surface area contributed by atoms with Crippen molar-refractivity contribution < 1.29 is 17.3 Å². The van der Waals surface area contributed by atoms with Crippen LogP contribution >= 0.6 is 12.2 Å². The Labute approximate surface area is 70.0 Å². The first-order valence-electron chi connectivity index (χ1n) is 2.51. The molecule has 0 aliphatic heterocycles. The summed E-state index contributed by atoms with van der Waals surface area (Å²) in [5.41, 5.74) is 1.85. The van der Waals surface area contributed by atoms with Crippen LogP contribution in [0.3, 0.4) is 0 Å². The summed E-state index contributed by atoms with van der Waals surface area (Å²) in [4.78, 5) is 0.123. The van der Waals surface area contributed by atoms with Crippen LogP contribution in [0.15, 0.2) is 12.7 Å². The van der Waals surface area contributed by atoms with Crippen LogP contribution in [-0.4, -0.2) is 18.0 Å². The minimum atomic E-state index is -4.47. The fourth-order valence-corrected chi connectivity index (χ4v) is 0.690. The molecule has 0 fully saturated rings. The Bertz CT molecular complexity index is 245. The Morgan fingerprint density at radius 3 is 2.73 bits per heavy atom. The molecular formula is C4H7NO4S2. The number of rotatable bonds is 4. The predicted octanol–water partition coefficient (Wildman–Crippen LogP) is 0.214. The van der Waals surface area contributed by atoms with Gasteiger partial charge in [-0.05, 0) is 0 Å². The number of hydrogen-bond donors (Lipinski definition) is 2. The van der Waals surface area contributed by atoms with E-state index in [2.05, 4.69) is 23.1 Å². The van der Waals surface area contributed by atoms with E-state index in [1.165, 1.54) is 6.08 Å². The molecule has 0 saturated heterocycles. The van der Waals surface area contributed by atoms with Crippen molar-refractivity contribution >= 4 is 27.6 Å². The number of hydrogen-bond acceptors (Lipinski definition) is 4. The zero-order valence-electron chi connectivity index (χ0n) is 5.48. The first kappa shape index (κ1) is 10.5. The molecule has 0 rings (SSSR count). The molecule has 0 spiro atoms. The van der Waals surface area contributed by atoms with Gasteiger partial charge in [0.15, 0.2) is 0 Å². The van der Waals surface area contributed by atoms with E-state index >= 15 is 0 Å². The molecule has 5 nitrogen and oxygen atoms in total. The van der Waals surface area contributed by atoms with Crippen molar-refractivity contribution in [3.05, 3.63) is 12.7 Å². The van der Waals surface area contributed by atoms with Crippen LogP contribution in [0.4, 0.5) is 0 Å². The lowest BCUT2D eigenvalue weighted by atomic mass is 10.4. The van der Waals surface area contributed by atoms with Gasteiger partial charge >= 0.3 is 10.4 Å². The van der Waals surface area contributed by atoms with Gasteiger partial charge in [0.05, 0.1) is 0 Å². The fraction of sp³-hybridized carbons (Fsp3) is 0.250. The molecule has 64 valence electrons. The summed E-state index contributed by atoms with van der Waals surface area (Å²) in [6, 6.07) is 0. The van der Waals surface area contributed by atoms with Crippen LogP contribution in [0.1, 0.15) is 6.42 Å². The Morgan fingerprint density at radius 1 is 1.82 bits per heavy atom. The molecule has 0 saturated carbocycles. The van der Waals surface area contributed by atoms with Gasteiger partial charge in [-0.2, -0.15) is 8.42 Å². The third-order valence-corrected chi connectivity index (χ3v) is 1.13. The quantitative estimate of drug-likeness (QED) is 0.290.